The van der Waals surface area contributed by atoms with E-state index in [-0.39, 0.29) is 0 Å². The van der Waals surface area contributed by atoms with Gasteiger partial charge in [0.05, 0.1) is 0 Å². The van der Waals surface area contributed by atoms with Crippen LogP contribution in [0, 0.1) is 70.0 Å². The average molecular weight is 1040 g/mol. The largest absolute Gasteiger partial charge is 0.0654 e. The first-order chi connectivity index (χ1) is 34.3. The van der Waals surface area contributed by atoms with E-state index in [1.807, 2.05) is 0 Å². The van der Waals surface area contributed by atoms with Crippen LogP contribution in [0.3, 0.4) is 0 Å². The van der Waals surface area contributed by atoms with Crippen LogP contribution >= 0.6 is 0 Å². The Bertz CT molecular complexity index is 886. The van der Waals surface area contributed by atoms with Crippen molar-refractivity contribution >= 4 is 0 Å². The summed E-state index contributed by atoms with van der Waals surface area (Å²) in [5, 5.41) is 0. The van der Waals surface area contributed by atoms with Crippen LogP contribution in [0.4, 0.5) is 0 Å². The molecule has 450 valence electrons. The van der Waals surface area contributed by atoms with Crippen LogP contribution in [0.5, 0.6) is 0 Å². The highest BCUT2D eigenvalue weighted by Gasteiger charge is 2.24. The topological polar surface area (TPSA) is 0 Å². The van der Waals surface area contributed by atoms with E-state index < -0.39 is 0 Å². The van der Waals surface area contributed by atoms with E-state index in [0.717, 1.165) is 59.2 Å². The summed E-state index contributed by atoms with van der Waals surface area (Å²) in [7, 11) is 0. The molecule has 0 bridgehead atoms. The predicted molar refractivity (Wildman–Crippen MR) is 349 cm³/mol. The molecule has 0 saturated heterocycles. The molecule has 0 aliphatic heterocycles. The quantitative estimate of drug-likeness (QED) is 0.113. The lowest BCUT2D eigenvalue weighted by Crippen LogP contribution is -2.19. The highest BCUT2D eigenvalue weighted by atomic mass is 14.3. The Morgan fingerprint density at radius 1 is 0.384 bits per heavy atom. The van der Waals surface area contributed by atoms with Gasteiger partial charge in [-0.25, -0.2) is 0 Å². The van der Waals surface area contributed by atoms with Gasteiger partial charge in [-0.05, 0) is 89.3 Å². The standard InChI is InChI=1S/C9H18.C8H16.2C7H14.6C7H16/c1-8-4-6-9(2,3)7-5-8;1-7(2)8-5-3-4-6-8;1-6(2)7-4-3-5-7;1-7-5-3-2-4-6-7;1-5-6-7(2,3)4;2*1-4-5-6-7(2)3;1-4-6-7(3)5-2;1-4-7(5-2)6-3;1-3-5-7-6-4-2/h8H,4-7H2,1-3H3;7-8H,3-6H2,1-2H3;6-7H,3-5H2,1-2H3;7H,2-6H2,1H3;5-6H2,1-4H3;4*7H,4-6H2,1-3H3;3-7H2,1-2H3/t;;;;;;;7-;;/m.......1../s1. The molecule has 4 aliphatic rings. The fraction of sp³-hybridized carbons (Fsp3) is 1.00. The zero-order chi connectivity index (χ0) is 57.5. The van der Waals surface area contributed by atoms with Gasteiger partial charge in [0, 0.05) is 0 Å². The first-order valence-electron chi connectivity index (χ1n) is 34.3. The third-order valence-corrected chi connectivity index (χ3v) is 16.6. The highest BCUT2D eigenvalue weighted by Crippen LogP contribution is 2.37. The maximum atomic E-state index is 2.39. The molecule has 0 aromatic heterocycles. The second-order valence-electron chi connectivity index (χ2n) is 28.1. The molecule has 0 heteroatoms. The minimum absolute atomic E-state index is 0.550. The Labute approximate surface area is 472 Å². The lowest BCUT2D eigenvalue weighted by atomic mass is 9.74. The highest BCUT2D eigenvalue weighted by molar-refractivity contribution is 4.76. The second-order valence-corrected chi connectivity index (χ2v) is 28.1. The molecule has 4 fully saturated rings. The molecule has 4 aliphatic carbocycles. The SMILES string of the molecule is CC(C)C1CCC1.CC(C)C1CCCC1.CC1CCC(C)(C)CC1.CC1CCCCC1.CCC(CC)CC.CCCC(C)(C)C.CCCCC(C)C.CCCCC(C)C.CCCCCCC.CCC[C@H](C)CC. The van der Waals surface area contributed by atoms with Gasteiger partial charge in [0.25, 0.3) is 0 Å². The van der Waals surface area contributed by atoms with Gasteiger partial charge in [-0.15, -0.1) is 0 Å². The number of rotatable bonds is 19. The summed E-state index contributed by atoms with van der Waals surface area (Å²) in [6.45, 7) is 59.5. The third-order valence-electron chi connectivity index (χ3n) is 16.6. The van der Waals surface area contributed by atoms with E-state index in [9.17, 15) is 0 Å². The first kappa shape index (κ1) is 84.3. The Morgan fingerprint density at radius 3 is 0.890 bits per heavy atom. The summed E-state index contributed by atoms with van der Waals surface area (Å²) in [6, 6.07) is 0. The second kappa shape index (κ2) is 61.2. The first-order valence-corrected chi connectivity index (χ1v) is 34.3. The Hall–Kier alpha value is 0. The number of unbranched alkanes of at least 4 members (excludes halogenated alkanes) is 6. The molecule has 73 heavy (non-hydrogen) atoms. The van der Waals surface area contributed by atoms with E-state index >= 15 is 0 Å². The molecule has 0 radical (unpaired) electrons. The summed E-state index contributed by atoms with van der Waals surface area (Å²) in [6.07, 6.45) is 49.8. The molecular formula is C73H158. The Kier molecular flexibility index (Phi) is 70.7. The molecular weight excluding hydrogens is 877 g/mol. The number of hydrogen-bond donors (Lipinski definition) is 0. The fourth-order valence-electron chi connectivity index (χ4n) is 9.80. The van der Waals surface area contributed by atoms with Crippen LogP contribution in [-0.2, 0) is 0 Å². The maximum Gasteiger partial charge on any atom is -0.0354 e. The molecule has 0 aromatic rings. The lowest BCUT2D eigenvalue weighted by Gasteiger charge is -2.32. The van der Waals surface area contributed by atoms with E-state index in [1.54, 1.807) is 0 Å². The van der Waals surface area contributed by atoms with Crippen LogP contribution in [0.15, 0.2) is 0 Å². The zero-order valence-electron chi connectivity index (χ0n) is 57.5. The zero-order valence-corrected chi connectivity index (χ0v) is 57.5. The van der Waals surface area contributed by atoms with Crippen molar-refractivity contribution in [3.05, 3.63) is 0 Å². The van der Waals surface area contributed by atoms with Crippen molar-refractivity contribution in [3.63, 3.8) is 0 Å². The lowest BCUT2D eigenvalue weighted by molar-refractivity contribution is 0.201. The normalized spacial score (nSPS) is 17.0. The van der Waals surface area contributed by atoms with Crippen molar-refractivity contribution in [2.75, 3.05) is 0 Å². The van der Waals surface area contributed by atoms with Crippen molar-refractivity contribution in [2.24, 2.45) is 70.0 Å². The van der Waals surface area contributed by atoms with Crippen molar-refractivity contribution in [1.29, 1.82) is 0 Å². The van der Waals surface area contributed by atoms with E-state index in [2.05, 4.69) is 180 Å². The van der Waals surface area contributed by atoms with Gasteiger partial charge in [0.2, 0.25) is 0 Å². The molecule has 0 unspecified atom stereocenters. The van der Waals surface area contributed by atoms with Crippen LogP contribution in [0.2, 0.25) is 0 Å². The van der Waals surface area contributed by atoms with Crippen molar-refractivity contribution in [2.45, 2.75) is 405 Å². The Balaban J connectivity index is -0.000000171. The summed E-state index contributed by atoms with van der Waals surface area (Å²) in [5.41, 5.74) is 1.21. The van der Waals surface area contributed by atoms with Crippen LogP contribution in [0.25, 0.3) is 0 Å². The third kappa shape index (κ3) is 76.3. The minimum Gasteiger partial charge on any atom is -0.0654 e. The van der Waals surface area contributed by atoms with Gasteiger partial charge >= 0.3 is 0 Å². The minimum atomic E-state index is 0.550. The van der Waals surface area contributed by atoms with Crippen LogP contribution < -0.4 is 0 Å². The van der Waals surface area contributed by atoms with E-state index in [4.69, 9.17) is 0 Å². The molecule has 0 spiro atoms. The number of hydrogen-bond acceptors (Lipinski definition) is 0. The van der Waals surface area contributed by atoms with E-state index in [0.29, 0.717) is 10.8 Å². The summed E-state index contributed by atoms with van der Waals surface area (Å²) in [5.74, 6) is 9.82. The van der Waals surface area contributed by atoms with Gasteiger partial charge in [0.1, 0.15) is 0 Å². The van der Waals surface area contributed by atoms with Gasteiger partial charge in [0.15, 0.2) is 0 Å². The van der Waals surface area contributed by atoms with Gasteiger partial charge in [-0.1, -0.05) is 385 Å². The maximum absolute atomic E-state index is 2.39. The van der Waals surface area contributed by atoms with Crippen molar-refractivity contribution < 1.29 is 0 Å². The molecule has 4 rings (SSSR count). The average Bonchev–Trinajstić information content (AvgIpc) is 3.87. The summed E-state index contributed by atoms with van der Waals surface area (Å²) in [4.78, 5) is 0. The summed E-state index contributed by atoms with van der Waals surface area (Å²) >= 11 is 0. The van der Waals surface area contributed by atoms with Crippen molar-refractivity contribution in [1.82, 2.24) is 0 Å². The molecule has 0 nitrogen and oxygen atoms in total. The molecule has 0 aromatic carbocycles. The smallest absolute Gasteiger partial charge is 0.0354 e. The van der Waals surface area contributed by atoms with E-state index in [1.165, 1.54) is 225 Å². The summed E-state index contributed by atoms with van der Waals surface area (Å²) < 4.78 is 0. The fourth-order valence-corrected chi connectivity index (χ4v) is 9.80. The van der Waals surface area contributed by atoms with Crippen LogP contribution in [0.1, 0.15) is 405 Å². The molecule has 0 amide bonds. The van der Waals surface area contributed by atoms with Gasteiger partial charge < -0.3 is 0 Å². The monoisotopic (exact) mass is 1040 g/mol. The molecule has 0 N–H and O–H groups in total. The van der Waals surface area contributed by atoms with Crippen molar-refractivity contribution in [3.8, 4) is 0 Å². The molecule has 1 atom stereocenters. The Morgan fingerprint density at radius 2 is 0.740 bits per heavy atom. The predicted octanol–water partition coefficient (Wildman–Crippen LogP) is 28.2. The molecule has 0 heterocycles. The van der Waals surface area contributed by atoms with Gasteiger partial charge in [-0.3, -0.25) is 0 Å². The van der Waals surface area contributed by atoms with Crippen LogP contribution in [-0.4, -0.2) is 0 Å². The van der Waals surface area contributed by atoms with Gasteiger partial charge in [-0.2, -0.15) is 0 Å². The molecule has 4 saturated carbocycles.